The van der Waals surface area contributed by atoms with Crippen LogP contribution in [0.4, 0.5) is 0 Å². The summed E-state index contributed by atoms with van der Waals surface area (Å²) < 4.78 is 10.6. The highest BCUT2D eigenvalue weighted by atomic mass is 32.1. The Kier molecular flexibility index (Phi) is 5.19. The number of amides is 1. The van der Waals surface area contributed by atoms with Gasteiger partial charge in [0.1, 0.15) is 5.58 Å². The molecule has 0 saturated heterocycles. The van der Waals surface area contributed by atoms with E-state index >= 15 is 0 Å². The highest BCUT2D eigenvalue weighted by molar-refractivity contribution is 7.09. The van der Waals surface area contributed by atoms with Gasteiger partial charge < -0.3 is 14.5 Å². The largest absolute Gasteiger partial charge is 0.464 e. The second kappa shape index (κ2) is 7.53. The number of esters is 1. The van der Waals surface area contributed by atoms with Gasteiger partial charge in [-0.3, -0.25) is 9.59 Å². The summed E-state index contributed by atoms with van der Waals surface area (Å²) in [6, 6.07) is 7.80. The van der Waals surface area contributed by atoms with E-state index in [0.29, 0.717) is 6.54 Å². The summed E-state index contributed by atoms with van der Waals surface area (Å²) in [5.41, 5.74) is 3.75. The first-order chi connectivity index (χ1) is 12.0. The van der Waals surface area contributed by atoms with Crippen LogP contribution in [0, 0.1) is 13.8 Å². The van der Waals surface area contributed by atoms with Gasteiger partial charge in [0.05, 0.1) is 19.2 Å². The van der Waals surface area contributed by atoms with Crippen LogP contribution in [0.5, 0.6) is 0 Å². The van der Waals surface area contributed by atoms with E-state index < -0.39 is 5.97 Å². The number of carbonyl (C=O) groups is 2. The molecule has 0 aliphatic heterocycles. The van der Waals surface area contributed by atoms with Crippen LogP contribution in [-0.4, -0.2) is 18.5 Å². The molecule has 130 valence electrons. The van der Waals surface area contributed by atoms with E-state index in [1.165, 1.54) is 0 Å². The fourth-order valence-corrected chi connectivity index (χ4v) is 3.17. The molecule has 1 N–H and O–H groups in total. The van der Waals surface area contributed by atoms with Crippen molar-refractivity contribution in [2.24, 2.45) is 0 Å². The summed E-state index contributed by atoms with van der Waals surface area (Å²) in [5, 5.41) is 5.57. The fraction of sp³-hybridized carbons (Fsp3) is 0.263. The fourth-order valence-electron chi connectivity index (χ4n) is 2.53. The van der Waals surface area contributed by atoms with Crippen molar-refractivity contribution in [1.82, 2.24) is 5.32 Å². The number of ether oxygens (including phenoxy) is 1. The number of hydrogen-bond donors (Lipinski definition) is 1. The maximum absolute atomic E-state index is 12.0. The van der Waals surface area contributed by atoms with Crippen LogP contribution in [-0.2, 0) is 27.3 Å². The number of thiophene rings is 1. The average molecular weight is 357 g/mol. The normalized spacial score (nSPS) is 10.8. The Labute approximate surface area is 149 Å². The smallest absolute Gasteiger partial charge is 0.310 e. The zero-order valence-corrected chi connectivity index (χ0v) is 14.9. The molecule has 2 aromatic heterocycles. The minimum atomic E-state index is -0.452. The Morgan fingerprint density at radius 2 is 2.08 bits per heavy atom. The predicted octanol–water partition coefficient (Wildman–Crippen LogP) is 3.51. The molecule has 25 heavy (non-hydrogen) atoms. The highest BCUT2D eigenvalue weighted by Crippen LogP contribution is 2.26. The second-order valence-corrected chi connectivity index (χ2v) is 6.87. The first-order valence-electron chi connectivity index (χ1n) is 7.95. The topological polar surface area (TPSA) is 68.5 Å². The monoisotopic (exact) mass is 357 g/mol. The van der Waals surface area contributed by atoms with Crippen molar-refractivity contribution in [2.75, 3.05) is 6.61 Å². The Hall–Kier alpha value is -2.60. The lowest BCUT2D eigenvalue weighted by Gasteiger charge is -2.05. The molecule has 0 radical (unpaired) electrons. The van der Waals surface area contributed by atoms with Gasteiger partial charge in [-0.05, 0) is 36.4 Å². The molecule has 0 bridgehead atoms. The summed E-state index contributed by atoms with van der Waals surface area (Å²) >= 11 is 1.56. The maximum Gasteiger partial charge on any atom is 0.310 e. The molecule has 0 saturated carbocycles. The second-order valence-electron chi connectivity index (χ2n) is 5.84. The summed E-state index contributed by atoms with van der Waals surface area (Å²) in [6.45, 7) is 4.17. The molecule has 2 heterocycles. The SMILES string of the molecule is Cc1ccc2c(CC(=O)OCC(=O)NCc3cccs3)coc2c1C. The quantitative estimate of drug-likeness (QED) is 0.686. The third-order valence-electron chi connectivity index (χ3n) is 4.08. The molecule has 1 aromatic carbocycles. The summed E-state index contributed by atoms with van der Waals surface area (Å²) in [5.74, 6) is -0.766. The molecule has 0 unspecified atom stereocenters. The molecule has 3 rings (SSSR count). The van der Waals surface area contributed by atoms with Gasteiger partial charge in [0.25, 0.3) is 5.91 Å². The Morgan fingerprint density at radius 1 is 1.24 bits per heavy atom. The number of aryl methyl sites for hydroxylation is 2. The third kappa shape index (κ3) is 4.09. The van der Waals surface area contributed by atoms with E-state index in [4.69, 9.17) is 9.15 Å². The molecule has 0 atom stereocenters. The Balaban J connectivity index is 1.52. The van der Waals surface area contributed by atoms with Gasteiger partial charge >= 0.3 is 5.97 Å². The minimum Gasteiger partial charge on any atom is -0.464 e. The molecule has 1 amide bonds. The van der Waals surface area contributed by atoms with Crippen molar-refractivity contribution in [3.8, 4) is 0 Å². The first kappa shape index (κ1) is 17.2. The lowest BCUT2D eigenvalue weighted by atomic mass is 10.0. The van der Waals surface area contributed by atoms with Gasteiger partial charge in [-0.2, -0.15) is 0 Å². The Bertz CT molecular complexity index is 896. The summed E-state index contributed by atoms with van der Waals surface area (Å²) in [7, 11) is 0. The van der Waals surface area contributed by atoms with Crippen molar-refractivity contribution >= 4 is 34.2 Å². The highest BCUT2D eigenvalue weighted by Gasteiger charge is 2.14. The molecule has 0 spiro atoms. The molecule has 0 aliphatic rings. The van der Waals surface area contributed by atoms with Gasteiger partial charge in [-0.25, -0.2) is 0 Å². The molecule has 5 nitrogen and oxygen atoms in total. The van der Waals surface area contributed by atoms with Crippen molar-refractivity contribution in [3.63, 3.8) is 0 Å². The third-order valence-corrected chi connectivity index (χ3v) is 4.96. The Morgan fingerprint density at radius 3 is 2.84 bits per heavy atom. The molecular formula is C19H19NO4S. The summed E-state index contributed by atoms with van der Waals surface area (Å²) in [6.07, 6.45) is 1.66. The molecule has 3 aromatic rings. The van der Waals surface area contributed by atoms with Crippen LogP contribution in [0.1, 0.15) is 21.6 Å². The van der Waals surface area contributed by atoms with E-state index in [9.17, 15) is 9.59 Å². The molecule has 6 heteroatoms. The van der Waals surface area contributed by atoms with Gasteiger partial charge in [0.15, 0.2) is 6.61 Å². The summed E-state index contributed by atoms with van der Waals surface area (Å²) in [4.78, 5) is 24.8. The number of furan rings is 1. The van der Waals surface area contributed by atoms with Crippen molar-refractivity contribution in [1.29, 1.82) is 0 Å². The number of hydrogen-bond acceptors (Lipinski definition) is 5. The number of benzene rings is 1. The van der Waals surface area contributed by atoms with E-state index in [0.717, 1.165) is 32.5 Å². The maximum atomic E-state index is 12.0. The molecule has 0 fully saturated rings. The van der Waals surface area contributed by atoms with E-state index in [1.807, 2.05) is 43.5 Å². The van der Waals surface area contributed by atoms with E-state index in [1.54, 1.807) is 17.6 Å². The van der Waals surface area contributed by atoms with Crippen LogP contribution < -0.4 is 5.32 Å². The number of carbonyl (C=O) groups excluding carboxylic acids is 2. The van der Waals surface area contributed by atoms with Crippen molar-refractivity contribution in [2.45, 2.75) is 26.8 Å². The van der Waals surface area contributed by atoms with Crippen molar-refractivity contribution < 1.29 is 18.7 Å². The van der Waals surface area contributed by atoms with Gasteiger partial charge in [-0.1, -0.05) is 18.2 Å². The van der Waals surface area contributed by atoms with Crippen LogP contribution in [0.15, 0.2) is 40.3 Å². The van der Waals surface area contributed by atoms with Crippen LogP contribution in [0.3, 0.4) is 0 Å². The van der Waals surface area contributed by atoms with Gasteiger partial charge in [-0.15, -0.1) is 11.3 Å². The number of rotatable bonds is 6. The zero-order valence-electron chi connectivity index (χ0n) is 14.1. The van der Waals surface area contributed by atoms with Gasteiger partial charge in [0, 0.05) is 15.8 Å². The van der Waals surface area contributed by atoms with Crippen LogP contribution in [0.25, 0.3) is 11.0 Å². The first-order valence-corrected chi connectivity index (χ1v) is 8.83. The standard InChI is InChI=1S/C19H19NO4S/c1-12-5-6-16-14(10-24-19(16)13(12)2)8-18(22)23-11-17(21)20-9-15-4-3-7-25-15/h3-7,10H,8-9,11H2,1-2H3,(H,20,21). The number of nitrogens with one attached hydrogen (secondary N) is 1. The van der Waals surface area contributed by atoms with E-state index in [-0.39, 0.29) is 18.9 Å². The van der Waals surface area contributed by atoms with Crippen LogP contribution in [0.2, 0.25) is 0 Å². The number of fused-ring (bicyclic) bond motifs is 1. The van der Waals surface area contributed by atoms with E-state index in [2.05, 4.69) is 5.32 Å². The predicted molar refractivity (Wildman–Crippen MR) is 96.5 cm³/mol. The lowest BCUT2D eigenvalue weighted by molar-refractivity contribution is -0.147. The van der Waals surface area contributed by atoms with Gasteiger partial charge in [0.2, 0.25) is 0 Å². The molecule has 0 aliphatic carbocycles. The zero-order chi connectivity index (χ0) is 17.8. The minimum absolute atomic E-state index is 0.0771. The molecular weight excluding hydrogens is 338 g/mol. The average Bonchev–Trinajstić information content (AvgIpc) is 3.25. The van der Waals surface area contributed by atoms with Crippen LogP contribution >= 0.6 is 11.3 Å². The lowest BCUT2D eigenvalue weighted by Crippen LogP contribution is -2.28. The van der Waals surface area contributed by atoms with Crippen molar-refractivity contribution in [3.05, 3.63) is 57.5 Å².